The molecule has 2 aliphatic rings. The molecule has 0 radical (unpaired) electrons. The Morgan fingerprint density at radius 2 is 1.69 bits per heavy atom. The second-order valence-corrected chi connectivity index (χ2v) is 6.04. The zero-order valence-electron chi connectivity index (χ0n) is 9.12. The molecule has 0 aromatic heterocycles. The fourth-order valence-corrected chi connectivity index (χ4v) is 3.48. The second-order valence-electron chi connectivity index (χ2n) is 5.13. The van der Waals surface area contributed by atoms with Gasteiger partial charge in [-0.05, 0) is 55.5 Å². The summed E-state index contributed by atoms with van der Waals surface area (Å²) in [5.41, 5.74) is 0.489. The lowest BCUT2D eigenvalue weighted by molar-refractivity contribution is 0.0358. The van der Waals surface area contributed by atoms with Gasteiger partial charge in [-0.2, -0.15) is 0 Å². The van der Waals surface area contributed by atoms with Crippen molar-refractivity contribution >= 4 is 15.9 Å². The summed E-state index contributed by atoms with van der Waals surface area (Å²) in [7, 11) is 0. The molecule has 1 aliphatic heterocycles. The van der Waals surface area contributed by atoms with E-state index in [-0.39, 0.29) is 0 Å². The van der Waals surface area contributed by atoms with E-state index in [4.69, 9.17) is 0 Å². The van der Waals surface area contributed by atoms with Gasteiger partial charge in [0.25, 0.3) is 0 Å². The molecule has 1 aromatic carbocycles. The Morgan fingerprint density at radius 1 is 1.12 bits per heavy atom. The molecule has 2 N–H and O–H groups in total. The van der Waals surface area contributed by atoms with Gasteiger partial charge in [-0.1, -0.05) is 28.1 Å². The van der Waals surface area contributed by atoms with Crippen molar-refractivity contribution in [2.24, 2.45) is 11.8 Å². The lowest BCUT2D eigenvalue weighted by atomic mass is 9.91. The monoisotopic (exact) mass is 281 g/mol. The van der Waals surface area contributed by atoms with Crippen molar-refractivity contribution in [3.05, 3.63) is 34.3 Å². The molecular weight excluding hydrogens is 266 g/mol. The molecule has 1 saturated heterocycles. The summed E-state index contributed by atoms with van der Waals surface area (Å²) < 4.78 is 1.07. The summed E-state index contributed by atoms with van der Waals surface area (Å²) in [6, 6.07) is 8.11. The van der Waals surface area contributed by atoms with Gasteiger partial charge in [0.1, 0.15) is 0 Å². The number of halogens is 1. The minimum absolute atomic E-state index is 0.585. The smallest absolute Gasteiger partial charge is 0.0903 e. The molecule has 1 heterocycles. The fourth-order valence-electron chi connectivity index (χ4n) is 3.21. The van der Waals surface area contributed by atoms with Crippen LogP contribution >= 0.6 is 15.9 Å². The van der Waals surface area contributed by atoms with Gasteiger partial charge < -0.3 is 10.4 Å². The predicted octanol–water partition coefficient (Wildman–Crippen LogP) is 2.27. The van der Waals surface area contributed by atoms with Gasteiger partial charge in [-0.15, -0.1) is 0 Å². The van der Waals surface area contributed by atoms with Crippen LogP contribution in [0.4, 0.5) is 0 Å². The molecule has 1 aliphatic carbocycles. The molecule has 2 fully saturated rings. The summed E-state index contributed by atoms with van der Waals surface area (Å²) in [6.45, 7) is 2.15. The molecule has 3 heteroatoms. The van der Waals surface area contributed by atoms with Crippen LogP contribution < -0.4 is 5.32 Å². The molecule has 86 valence electrons. The molecule has 1 saturated carbocycles. The van der Waals surface area contributed by atoms with Crippen molar-refractivity contribution in [3.63, 3.8) is 0 Å². The van der Waals surface area contributed by atoms with Crippen LogP contribution in [0.2, 0.25) is 0 Å². The maximum absolute atomic E-state index is 10.7. The van der Waals surface area contributed by atoms with Crippen LogP contribution in [-0.2, 0) is 5.60 Å². The Bertz CT molecular complexity index is 377. The standard InChI is InChI=1S/C13H16BrNO/c14-12-3-1-11(2-4-12)13(16)5-9-7-15-8-10(9)6-13/h1-4,9-10,15-16H,5-8H2/t9-,10+,13?. The Labute approximate surface area is 104 Å². The normalized spacial score (nSPS) is 37.6. The van der Waals surface area contributed by atoms with Gasteiger partial charge >= 0.3 is 0 Å². The first kappa shape index (κ1) is 10.8. The molecule has 0 bridgehead atoms. The molecule has 1 aromatic rings. The van der Waals surface area contributed by atoms with Gasteiger partial charge in [-0.3, -0.25) is 0 Å². The van der Waals surface area contributed by atoms with Crippen molar-refractivity contribution in [1.29, 1.82) is 0 Å². The molecule has 3 atom stereocenters. The number of benzene rings is 1. The third-order valence-corrected chi connectivity index (χ3v) is 4.59. The topological polar surface area (TPSA) is 32.3 Å². The van der Waals surface area contributed by atoms with Gasteiger partial charge in [0.05, 0.1) is 5.60 Å². The van der Waals surface area contributed by atoms with Crippen LogP contribution in [0.15, 0.2) is 28.7 Å². The molecule has 16 heavy (non-hydrogen) atoms. The zero-order valence-corrected chi connectivity index (χ0v) is 10.7. The quantitative estimate of drug-likeness (QED) is 0.828. The summed E-state index contributed by atoms with van der Waals surface area (Å²) in [5.74, 6) is 1.32. The Hall–Kier alpha value is -0.380. The van der Waals surface area contributed by atoms with E-state index in [0.717, 1.165) is 36.0 Å². The third-order valence-electron chi connectivity index (χ3n) is 4.06. The molecule has 3 rings (SSSR count). The van der Waals surface area contributed by atoms with E-state index in [0.29, 0.717) is 11.8 Å². The number of rotatable bonds is 1. The van der Waals surface area contributed by atoms with Gasteiger partial charge in [-0.25, -0.2) is 0 Å². The summed E-state index contributed by atoms with van der Waals surface area (Å²) >= 11 is 3.43. The van der Waals surface area contributed by atoms with Crippen LogP contribution in [0.3, 0.4) is 0 Å². The van der Waals surface area contributed by atoms with Gasteiger partial charge in [0.15, 0.2) is 0 Å². The highest BCUT2D eigenvalue weighted by atomic mass is 79.9. The molecule has 1 unspecified atom stereocenters. The summed E-state index contributed by atoms with van der Waals surface area (Å²) in [5, 5.41) is 14.1. The molecule has 0 spiro atoms. The Balaban J connectivity index is 1.86. The maximum atomic E-state index is 10.7. The SMILES string of the molecule is OC1(c2ccc(Br)cc2)C[C@H]2CNC[C@H]2C1. The maximum Gasteiger partial charge on any atom is 0.0903 e. The lowest BCUT2D eigenvalue weighted by Crippen LogP contribution is -2.25. The zero-order chi connectivity index (χ0) is 11.2. The van der Waals surface area contributed by atoms with Gasteiger partial charge in [0.2, 0.25) is 0 Å². The van der Waals surface area contributed by atoms with Gasteiger partial charge in [0, 0.05) is 4.47 Å². The largest absolute Gasteiger partial charge is 0.385 e. The van der Waals surface area contributed by atoms with E-state index < -0.39 is 5.60 Å². The van der Waals surface area contributed by atoms with Crippen molar-refractivity contribution < 1.29 is 5.11 Å². The van der Waals surface area contributed by atoms with E-state index in [1.165, 1.54) is 0 Å². The number of hydrogen-bond acceptors (Lipinski definition) is 2. The Kier molecular flexibility index (Phi) is 2.57. The molecular formula is C13H16BrNO. The van der Waals surface area contributed by atoms with Crippen LogP contribution in [-0.4, -0.2) is 18.2 Å². The number of nitrogens with one attached hydrogen (secondary N) is 1. The van der Waals surface area contributed by atoms with Crippen molar-refractivity contribution in [1.82, 2.24) is 5.32 Å². The van der Waals surface area contributed by atoms with Crippen molar-refractivity contribution in [2.45, 2.75) is 18.4 Å². The van der Waals surface area contributed by atoms with E-state index in [1.807, 2.05) is 24.3 Å². The number of fused-ring (bicyclic) bond motifs is 1. The highest BCUT2D eigenvalue weighted by Crippen LogP contribution is 2.47. The minimum Gasteiger partial charge on any atom is -0.385 e. The minimum atomic E-state index is -0.585. The Morgan fingerprint density at radius 3 is 2.25 bits per heavy atom. The molecule has 0 amide bonds. The van der Waals surface area contributed by atoms with Crippen LogP contribution in [0.25, 0.3) is 0 Å². The fraction of sp³-hybridized carbons (Fsp3) is 0.538. The summed E-state index contributed by atoms with van der Waals surface area (Å²) in [6.07, 6.45) is 1.82. The predicted molar refractivity (Wildman–Crippen MR) is 67.1 cm³/mol. The molecule has 2 nitrogen and oxygen atoms in total. The number of aliphatic hydroxyl groups is 1. The first-order chi connectivity index (χ1) is 7.67. The lowest BCUT2D eigenvalue weighted by Gasteiger charge is -2.24. The highest BCUT2D eigenvalue weighted by Gasteiger charge is 2.46. The number of hydrogen-bond donors (Lipinski definition) is 2. The highest BCUT2D eigenvalue weighted by molar-refractivity contribution is 9.10. The van der Waals surface area contributed by atoms with Crippen LogP contribution in [0.5, 0.6) is 0 Å². The average Bonchev–Trinajstić information content (AvgIpc) is 2.77. The van der Waals surface area contributed by atoms with E-state index >= 15 is 0 Å². The van der Waals surface area contributed by atoms with E-state index in [1.54, 1.807) is 0 Å². The van der Waals surface area contributed by atoms with E-state index in [9.17, 15) is 5.11 Å². The van der Waals surface area contributed by atoms with Crippen molar-refractivity contribution in [2.75, 3.05) is 13.1 Å². The first-order valence-corrected chi connectivity index (χ1v) is 6.66. The van der Waals surface area contributed by atoms with E-state index in [2.05, 4.69) is 21.2 Å². The van der Waals surface area contributed by atoms with Crippen molar-refractivity contribution in [3.8, 4) is 0 Å². The first-order valence-electron chi connectivity index (χ1n) is 5.86. The van der Waals surface area contributed by atoms with Crippen LogP contribution in [0, 0.1) is 11.8 Å². The second kappa shape index (κ2) is 3.83. The summed E-state index contributed by atoms with van der Waals surface area (Å²) in [4.78, 5) is 0. The average molecular weight is 282 g/mol. The third kappa shape index (κ3) is 1.71. The van der Waals surface area contributed by atoms with Crippen LogP contribution in [0.1, 0.15) is 18.4 Å².